The lowest BCUT2D eigenvalue weighted by molar-refractivity contribution is -0.282. The van der Waals surface area contributed by atoms with Gasteiger partial charge in [0.1, 0.15) is 54.0 Å². The summed E-state index contributed by atoms with van der Waals surface area (Å²) in [6.07, 6.45) is -5.65. The number of aliphatic hydroxyl groups is 10. The fourth-order valence-electron chi connectivity index (χ4n) is 14.5. The second-order valence-electron chi connectivity index (χ2n) is 29.4. The lowest BCUT2D eigenvalue weighted by Gasteiger charge is -2.40. The molecule has 0 aromatic carbocycles. The number of methoxy groups -OCH3 is 1. The molecule has 0 aromatic heterocycles. The Bertz CT molecular complexity index is 2750. The van der Waals surface area contributed by atoms with Crippen LogP contribution < -0.4 is 0 Å². The van der Waals surface area contributed by atoms with Gasteiger partial charge < -0.3 is 109 Å². The number of β-amino-alcohol motifs (C(OH)–C–C–N with tert-alkyl or cyclic N) is 1. The smallest absolute Gasteiger partial charge is 0.394 e. The van der Waals surface area contributed by atoms with Crippen LogP contribution in [0.4, 0.5) is 0 Å². The first-order valence-corrected chi connectivity index (χ1v) is 43.1. The largest absolute Gasteiger partial charge is 0.472 e. The van der Waals surface area contributed by atoms with E-state index in [0.29, 0.717) is 109 Å². The van der Waals surface area contributed by atoms with Crippen LogP contribution in [-0.4, -0.2) is 307 Å². The van der Waals surface area contributed by atoms with Gasteiger partial charge in [-0.3, -0.25) is 46.9 Å². The molecule has 111 heavy (non-hydrogen) atoms. The maximum atomic E-state index is 14.0. The fourth-order valence-corrected chi connectivity index (χ4v) is 16.4. The summed E-state index contributed by atoms with van der Waals surface area (Å²) in [4.78, 5) is 106. The Hall–Kier alpha value is -3.04. The Kier molecular flexibility index (Phi) is 49.8. The van der Waals surface area contributed by atoms with Gasteiger partial charge in [-0.1, -0.05) is 94.4 Å². The van der Waals surface area contributed by atoms with Gasteiger partial charge in [-0.05, 0) is 77.0 Å². The molecule has 12 N–H and O–H groups in total. The molecule has 650 valence electrons. The van der Waals surface area contributed by atoms with E-state index >= 15 is 0 Å². The molecule has 6 heterocycles. The standard InChI is InChI=1S/C70H123N3O31P2.2C2H6.CH4/c1-44-62(84)65(87)56(38-74)100-68(44)95-29-17-23-50(77)20-11-5-8-14-26-59(81)71-35-53(80)32-47(71)42-98-105(90,91)104-55-34-49(73(37-55)61(83)28-16-10-7-13-22-52(79)25-19-31-97-70-46(3)64(86)67(89)58(40-76)102-70)43-99-106(92,93)103-54-33-48(41-94-4)72(36-54)60(82)27-15-9-6-12-21-51(78)24-18-30-96-69-45(2)63(85)66(88)57(39-75)101-69;2*1-2;/h44-49,53-58,62-70,74-76,80,84-89H,5-43H2,1-4H3,(H,90,91)(H,92,93);2*1-2H3;1H4/t44?,45?,46?,47-,48-,49-,53+,54+,55+,56?,57?,58?,62+,63+,64+,65-,66-,67-,68+,69+,70+;;;/m0.../s1. The van der Waals surface area contributed by atoms with Crippen molar-refractivity contribution in [3.63, 3.8) is 0 Å². The third kappa shape index (κ3) is 34.8. The highest BCUT2D eigenvalue weighted by Crippen LogP contribution is 2.50. The highest BCUT2D eigenvalue weighted by atomic mass is 31.2. The van der Waals surface area contributed by atoms with Crippen LogP contribution >= 0.6 is 15.6 Å². The Morgan fingerprint density at radius 2 is 0.658 bits per heavy atom. The fraction of sp³-hybridized carbons (Fsp3) is 0.920. The number of Topliss-reactive ketones (excluding diaryl/α,β-unsaturated/α-hetero) is 3. The lowest BCUT2D eigenvalue weighted by Crippen LogP contribution is -2.55. The summed E-state index contributed by atoms with van der Waals surface area (Å²) >= 11 is 0. The van der Waals surface area contributed by atoms with Crippen LogP contribution in [-0.2, 0) is 89.2 Å². The number of carbonyl (C=O) groups is 6. The lowest BCUT2D eigenvalue weighted by atomic mass is 9.92. The molecular weight excluding hydrogens is 1500 g/mol. The third-order valence-electron chi connectivity index (χ3n) is 20.9. The molecule has 0 bridgehead atoms. The Labute approximate surface area is 656 Å². The van der Waals surface area contributed by atoms with Gasteiger partial charge in [-0.2, -0.15) is 0 Å². The molecule has 3 amide bonds. The van der Waals surface area contributed by atoms with E-state index < -0.39 is 183 Å². The van der Waals surface area contributed by atoms with Crippen molar-refractivity contribution in [2.45, 2.75) is 339 Å². The molecule has 6 fully saturated rings. The van der Waals surface area contributed by atoms with Crippen LogP contribution in [0.1, 0.15) is 229 Å². The van der Waals surface area contributed by atoms with E-state index in [4.69, 9.17) is 51.3 Å². The van der Waals surface area contributed by atoms with Gasteiger partial charge in [0.2, 0.25) is 17.7 Å². The first-order chi connectivity index (χ1) is 52.5. The predicted octanol–water partition coefficient (Wildman–Crippen LogP) is 4.83. The van der Waals surface area contributed by atoms with E-state index in [9.17, 15) is 98.7 Å². The summed E-state index contributed by atoms with van der Waals surface area (Å²) in [7, 11) is -8.42. The number of hydrogen-bond acceptors (Lipinski definition) is 29. The number of likely N-dealkylation sites (tertiary alicyclic amines) is 3. The van der Waals surface area contributed by atoms with Crippen LogP contribution in [0.3, 0.4) is 0 Å². The minimum absolute atomic E-state index is 0. The molecule has 0 saturated carbocycles. The van der Waals surface area contributed by atoms with Gasteiger partial charge in [-0.25, -0.2) is 9.13 Å². The van der Waals surface area contributed by atoms with E-state index in [1.165, 1.54) is 16.9 Å². The zero-order chi connectivity index (χ0) is 81.7. The maximum absolute atomic E-state index is 14.0. The summed E-state index contributed by atoms with van der Waals surface area (Å²) < 4.78 is 89.0. The number of phosphoric ester groups is 2. The van der Waals surface area contributed by atoms with Crippen molar-refractivity contribution in [3.8, 4) is 0 Å². The average molecular weight is 1640 g/mol. The zero-order valence-electron chi connectivity index (χ0n) is 66.1. The normalized spacial score (nSPS) is 31.2. The maximum Gasteiger partial charge on any atom is 0.472 e. The molecule has 6 aliphatic rings. The molecule has 0 aromatic rings. The monoisotopic (exact) mass is 1640 g/mol. The Morgan fingerprint density at radius 1 is 0.387 bits per heavy atom. The topological polar surface area (TPSA) is 491 Å². The summed E-state index contributed by atoms with van der Waals surface area (Å²) in [6, 6.07) is -2.26. The molecule has 6 rings (SSSR count). The number of phosphoric acid groups is 2. The summed E-state index contributed by atoms with van der Waals surface area (Å²) in [5, 5.41) is 100. The molecule has 23 atom stereocenters. The average Bonchev–Trinajstić information content (AvgIpc) is 1.72. The molecule has 8 unspecified atom stereocenters. The van der Waals surface area contributed by atoms with E-state index in [-0.39, 0.29) is 147 Å². The first kappa shape index (κ1) is 102. The van der Waals surface area contributed by atoms with E-state index in [1.54, 1.807) is 25.7 Å². The van der Waals surface area contributed by atoms with Gasteiger partial charge in [-0.15, -0.1) is 0 Å². The van der Waals surface area contributed by atoms with Crippen LogP contribution in [0.2, 0.25) is 0 Å². The quantitative estimate of drug-likeness (QED) is 0.0286. The SMILES string of the molecule is C.CC.CC.COC[C@@H]1C[C@@H](OP(=O)(O)OC[C@@H]2C[C@@H](OP(=O)(O)OC[C@@H]3C[C@@H](O)CN3C(=O)CCCCCCC(=O)CCCO[C@@H]3OC(CO)[C@H](O)[C@H](O)C3C)CN2C(=O)CCCCCCC(=O)CCCO[C@@H]2OC(CO)[C@H](O)[C@H](O)C2C)CN1C(=O)CCCCCCC(=O)CCCO[C@@H]1OC(CO)[C@H](O)[C@H](O)C1C. The number of unbranched alkanes of at least 4 members (excludes halogenated alkanes) is 9. The second-order valence-corrected chi connectivity index (χ2v) is 32.2. The number of carbonyl (C=O) groups excluding carboxylic acids is 6. The van der Waals surface area contributed by atoms with Crippen molar-refractivity contribution >= 4 is 50.7 Å². The van der Waals surface area contributed by atoms with Gasteiger partial charge in [0.05, 0.1) is 114 Å². The minimum Gasteiger partial charge on any atom is -0.394 e. The molecule has 36 heteroatoms. The molecule has 0 radical (unpaired) electrons. The van der Waals surface area contributed by atoms with Crippen LogP contribution in [0.15, 0.2) is 0 Å². The third-order valence-corrected chi connectivity index (χ3v) is 23.0. The number of hydrogen-bond donors (Lipinski definition) is 12. The highest BCUT2D eigenvalue weighted by Gasteiger charge is 2.48. The molecule has 0 spiro atoms. The molecule has 0 aliphatic carbocycles. The van der Waals surface area contributed by atoms with Crippen LogP contribution in [0.5, 0.6) is 0 Å². The van der Waals surface area contributed by atoms with Crippen molar-refractivity contribution in [2.75, 3.05) is 86.2 Å². The van der Waals surface area contributed by atoms with Gasteiger partial charge >= 0.3 is 15.6 Å². The minimum atomic E-state index is -4.95. The number of ketones is 3. The molecule has 34 nitrogen and oxygen atoms in total. The van der Waals surface area contributed by atoms with Crippen molar-refractivity contribution in [1.29, 1.82) is 0 Å². The predicted molar refractivity (Wildman–Crippen MR) is 403 cm³/mol. The van der Waals surface area contributed by atoms with E-state index in [1.807, 2.05) is 27.7 Å². The number of nitrogens with zero attached hydrogens (tertiary/aromatic N) is 3. The first-order valence-electron chi connectivity index (χ1n) is 40.1. The van der Waals surface area contributed by atoms with E-state index in [2.05, 4.69) is 0 Å². The van der Waals surface area contributed by atoms with Gasteiger partial charge in [0.15, 0.2) is 18.9 Å². The van der Waals surface area contributed by atoms with E-state index in [0.717, 1.165) is 0 Å². The van der Waals surface area contributed by atoms with Crippen molar-refractivity contribution in [1.82, 2.24) is 14.7 Å². The number of ether oxygens (including phenoxy) is 7. The Balaban J connectivity index is 0.00000628. The summed E-state index contributed by atoms with van der Waals surface area (Å²) in [6.45, 7) is 10.7. The number of amides is 3. The zero-order valence-corrected chi connectivity index (χ0v) is 67.8. The van der Waals surface area contributed by atoms with Crippen molar-refractivity contribution in [2.24, 2.45) is 17.8 Å². The summed E-state index contributed by atoms with van der Waals surface area (Å²) in [5.41, 5.74) is 0. The Morgan fingerprint density at radius 3 is 0.955 bits per heavy atom. The molecule has 6 aliphatic heterocycles. The van der Waals surface area contributed by atoms with Gasteiger partial charge in [0.25, 0.3) is 0 Å². The highest BCUT2D eigenvalue weighted by molar-refractivity contribution is 7.47. The summed E-state index contributed by atoms with van der Waals surface area (Å²) in [5.74, 6) is -2.55. The molecule has 6 saturated heterocycles. The van der Waals surface area contributed by atoms with Crippen LogP contribution in [0, 0.1) is 17.8 Å². The number of rotatable bonds is 51. The molecular formula is C75H139N3O31P2. The van der Waals surface area contributed by atoms with Gasteiger partial charge in [0, 0.05) is 102 Å². The van der Waals surface area contributed by atoms with Crippen LogP contribution in [0.25, 0.3) is 0 Å². The second kappa shape index (κ2) is 54.1. The van der Waals surface area contributed by atoms with Crippen molar-refractivity contribution < 1.29 is 150 Å². The number of aliphatic hydroxyl groups excluding tert-OH is 10. The van der Waals surface area contributed by atoms with Crippen molar-refractivity contribution in [3.05, 3.63) is 0 Å².